The molecule has 0 bridgehead atoms. The minimum atomic E-state index is -1.05. The quantitative estimate of drug-likeness (QED) is 0.279. The van der Waals surface area contributed by atoms with E-state index < -0.39 is 33.9 Å². The number of nitro groups is 1. The number of nitrogens with one attached hydrogen (secondary N) is 1. The fourth-order valence-electron chi connectivity index (χ4n) is 2.64. The number of nitrogens with zero attached hydrogens (tertiary/aromatic N) is 3. The molecule has 1 aromatic heterocycles. The number of carbonyl (C=O) groups excluding carboxylic acids is 1. The van der Waals surface area contributed by atoms with E-state index in [1.165, 1.54) is 26.2 Å². The number of aromatic amines is 1. The smallest absolute Gasteiger partial charge is 0.349 e. The molecule has 30 heavy (non-hydrogen) atoms. The first-order chi connectivity index (χ1) is 14.3. The molecule has 0 saturated heterocycles. The second-order valence-corrected chi connectivity index (χ2v) is 6.10. The Kier molecular flexibility index (Phi) is 5.72. The lowest BCUT2D eigenvalue weighted by molar-refractivity contribution is -0.386. The maximum absolute atomic E-state index is 12.5. The van der Waals surface area contributed by atoms with Crippen LogP contribution in [-0.2, 0) is 9.53 Å². The molecule has 3 aromatic rings. The van der Waals surface area contributed by atoms with Crippen molar-refractivity contribution >= 4 is 28.8 Å². The number of carbonyl (C=O) groups is 1. The molecule has 154 valence electrons. The van der Waals surface area contributed by atoms with E-state index in [1.54, 1.807) is 24.3 Å². The van der Waals surface area contributed by atoms with E-state index in [1.807, 2.05) is 0 Å². The highest BCUT2D eigenvalue weighted by atomic mass is 16.6. The third-order valence-electron chi connectivity index (χ3n) is 4.12. The first-order valence-electron chi connectivity index (χ1n) is 8.63. The van der Waals surface area contributed by atoms with Crippen LogP contribution < -0.4 is 16.0 Å². The summed E-state index contributed by atoms with van der Waals surface area (Å²) in [5, 5.41) is 15.5. The highest BCUT2D eigenvalue weighted by Gasteiger charge is 2.22. The third kappa shape index (κ3) is 4.09. The van der Waals surface area contributed by atoms with Crippen molar-refractivity contribution < 1.29 is 19.2 Å². The standard InChI is InChI=1S/C19H16N4O7/c1-11(18(25)29-2)30-16-8-7-12(9-15(16)23(27)28)10-20-22-17(24)13-5-3-4-6-14(13)21-19(22)26/h3-11H,1-2H3,(H,21,26). The second kappa shape index (κ2) is 8.39. The summed E-state index contributed by atoms with van der Waals surface area (Å²) in [4.78, 5) is 49.3. The fraction of sp³-hybridized carbons (Fsp3) is 0.158. The lowest BCUT2D eigenvalue weighted by Gasteiger charge is -2.12. The Balaban J connectivity index is 1.97. The maximum atomic E-state index is 12.5. The summed E-state index contributed by atoms with van der Waals surface area (Å²) in [6.07, 6.45) is 0.0781. The van der Waals surface area contributed by atoms with Crippen molar-refractivity contribution in [2.75, 3.05) is 7.11 Å². The van der Waals surface area contributed by atoms with Gasteiger partial charge in [0.1, 0.15) is 0 Å². The molecular weight excluding hydrogens is 396 g/mol. The van der Waals surface area contributed by atoms with Crippen LogP contribution in [0.15, 0.2) is 57.2 Å². The van der Waals surface area contributed by atoms with Gasteiger partial charge in [-0.1, -0.05) is 12.1 Å². The molecule has 11 nitrogen and oxygen atoms in total. The Hall–Kier alpha value is -4.28. The van der Waals surface area contributed by atoms with Crippen molar-refractivity contribution in [3.63, 3.8) is 0 Å². The zero-order valence-corrected chi connectivity index (χ0v) is 15.9. The zero-order valence-electron chi connectivity index (χ0n) is 15.9. The van der Waals surface area contributed by atoms with Gasteiger partial charge in [0.25, 0.3) is 5.56 Å². The van der Waals surface area contributed by atoms with E-state index in [-0.39, 0.29) is 16.7 Å². The highest BCUT2D eigenvalue weighted by Crippen LogP contribution is 2.28. The molecule has 0 saturated carbocycles. The Morgan fingerprint density at radius 3 is 2.70 bits per heavy atom. The molecule has 1 heterocycles. The van der Waals surface area contributed by atoms with Crippen LogP contribution in [0.2, 0.25) is 0 Å². The number of esters is 1. The molecule has 11 heteroatoms. The molecule has 1 unspecified atom stereocenters. The van der Waals surface area contributed by atoms with Crippen molar-refractivity contribution in [3.05, 3.63) is 79.0 Å². The Bertz CT molecular complexity index is 1280. The number of para-hydroxylation sites is 1. The van der Waals surface area contributed by atoms with Gasteiger partial charge >= 0.3 is 17.3 Å². The molecule has 0 amide bonds. The van der Waals surface area contributed by atoms with Gasteiger partial charge in [-0.15, -0.1) is 4.68 Å². The molecule has 0 fully saturated rings. The van der Waals surface area contributed by atoms with E-state index in [0.29, 0.717) is 10.2 Å². The minimum absolute atomic E-state index is 0.143. The number of hydrogen-bond donors (Lipinski definition) is 1. The van der Waals surface area contributed by atoms with Gasteiger partial charge in [0, 0.05) is 11.6 Å². The number of rotatable bonds is 6. The fourth-order valence-corrected chi connectivity index (χ4v) is 2.64. The number of benzene rings is 2. The first kappa shape index (κ1) is 20.5. The van der Waals surface area contributed by atoms with E-state index in [2.05, 4.69) is 14.8 Å². The van der Waals surface area contributed by atoms with Crippen molar-refractivity contribution in [1.29, 1.82) is 0 Å². The molecule has 1 atom stereocenters. The Morgan fingerprint density at radius 2 is 2.00 bits per heavy atom. The van der Waals surface area contributed by atoms with E-state index >= 15 is 0 Å². The summed E-state index contributed by atoms with van der Waals surface area (Å²) in [7, 11) is 1.17. The minimum Gasteiger partial charge on any atom is -0.472 e. The van der Waals surface area contributed by atoms with Gasteiger partial charge in [-0.3, -0.25) is 14.9 Å². The molecule has 0 aliphatic carbocycles. The van der Waals surface area contributed by atoms with Crippen LogP contribution in [0.5, 0.6) is 5.75 Å². The van der Waals surface area contributed by atoms with Crippen molar-refractivity contribution in [2.45, 2.75) is 13.0 Å². The number of hydrogen-bond acceptors (Lipinski definition) is 8. The van der Waals surface area contributed by atoms with Crippen LogP contribution in [0.25, 0.3) is 10.9 Å². The van der Waals surface area contributed by atoms with Gasteiger partial charge in [0.05, 0.1) is 29.2 Å². The zero-order chi connectivity index (χ0) is 21.8. The van der Waals surface area contributed by atoms with Crippen LogP contribution >= 0.6 is 0 Å². The van der Waals surface area contributed by atoms with Crippen LogP contribution in [0.1, 0.15) is 12.5 Å². The van der Waals surface area contributed by atoms with Gasteiger partial charge in [-0.05, 0) is 31.2 Å². The number of nitro benzene ring substituents is 1. The lowest BCUT2D eigenvalue weighted by Crippen LogP contribution is -2.32. The molecule has 0 aliphatic rings. The maximum Gasteiger partial charge on any atom is 0.349 e. The number of methoxy groups -OCH3 is 1. The summed E-state index contributed by atoms with van der Waals surface area (Å²) in [6.45, 7) is 1.39. The van der Waals surface area contributed by atoms with Gasteiger partial charge in [0.2, 0.25) is 0 Å². The molecular formula is C19H16N4O7. The molecule has 0 radical (unpaired) electrons. The van der Waals surface area contributed by atoms with Crippen LogP contribution in [0.4, 0.5) is 5.69 Å². The van der Waals surface area contributed by atoms with Gasteiger partial charge in [-0.2, -0.15) is 5.10 Å². The van der Waals surface area contributed by atoms with Crippen molar-refractivity contribution in [2.24, 2.45) is 5.10 Å². The Morgan fingerprint density at radius 1 is 1.27 bits per heavy atom. The van der Waals surface area contributed by atoms with E-state index in [4.69, 9.17) is 4.74 Å². The molecule has 1 N–H and O–H groups in total. The van der Waals surface area contributed by atoms with Gasteiger partial charge in [-0.25, -0.2) is 9.59 Å². The molecule has 2 aromatic carbocycles. The van der Waals surface area contributed by atoms with Crippen LogP contribution in [0, 0.1) is 10.1 Å². The molecule has 0 spiro atoms. The van der Waals surface area contributed by atoms with E-state index in [0.717, 1.165) is 12.3 Å². The summed E-state index contributed by atoms with van der Waals surface area (Å²) in [5.74, 6) is -0.833. The first-order valence-corrected chi connectivity index (χ1v) is 8.63. The predicted octanol–water partition coefficient (Wildman–Crippen LogP) is 1.42. The summed E-state index contributed by atoms with van der Waals surface area (Å²) < 4.78 is 10.4. The predicted molar refractivity (Wildman–Crippen MR) is 107 cm³/mol. The third-order valence-corrected chi connectivity index (χ3v) is 4.12. The highest BCUT2D eigenvalue weighted by molar-refractivity contribution is 5.82. The summed E-state index contributed by atoms with van der Waals surface area (Å²) in [6, 6.07) is 10.3. The van der Waals surface area contributed by atoms with Crippen molar-refractivity contribution in [1.82, 2.24) is 9.66 Å². The van der Waals surface area contributed by atoms with Crippen LogP contribution in [0.3, 0.4) is 0 Å². The monoisotopic (exact) mass is 412 g/mol. The Labute approximate surface area is 168 Å². The number of aromatic nitrogens is 2. The van der Waals surface area contributed by atoms with Crippen LogP contribution in [-0.4, -0.2) is 40.0 Å². The average Bonchev–Trinajstić information content (AvgIpc) is 2.73. The largest absolute Gasteiger partial charge is 0.472 e. The lowest BCUT2D eigenvalue weighted by atomic mass is 10.2. The number of H-pyrrole nitrogens is 1. The summed E-state index contributed by atoms with van der Waals surface area (Å²) >= 11 is 0. The van der Waals surface area contributed by atoms with E-state index in [9.17, 15) is 24.5 Å². The molecule has 0 aliphatic heterocycles. The van der Waals surface area contributed by atoms with Gasteiger partial charge < -0.3 is 14.5 Å². The SMILES string of the molecule is COC(=O)C(C)Oc1ccc(C=Nn2c(=O)[nH]c3ccccc3c2=O)cc1[N+](=O)[O-]. The topological polar surface area (TPSA) is 146 Å². The second-order valence-electron chi connectivity index (χ2n) is 6.10. The van der Waals surface area contributed by atoms with Gasteiger partial charge in [0.15, 0.2) is 11.9 Å². The average molecular weight is 412 g/mol. The number of fused-ring (bicyclic) bond motifs is 1. The van der Waals surface area contributed by atoms with Crippen molar-refractivity contribution in [3.8, 4) is 5.75 Å². The summed E-state index contributed by atoms with van der Waals surface area (Å²) in [5.41, 5.74) is -1.20. The number of ether oxygens (including phenoxy) is 2. The normalized spacial score (nSPS) is 12.1. The molecule has 3 rings (SSSR count).